The molecular formula is C13H15NO5. The number of carbonyl (C=O) groups excluding carboxylic acids is 1. The van der Waals surface area contributed by atoms with Crippen molar-refractivity contribution in [3.8, 4) is 11.5 Å². The molecule has 1 amide bonds. The Labute approximate surface area is 110 Å². The van der Waals surface area contributed by atoms with Gasteiger partial charge in [0.05, 0.1) is 7.11 Å². The molecule has 1 aromatic carbocycles. The molecule has 0 bridgehead atoms. The fraction of sp³-hybridized carbons (Fsp3) is 0.231. The molecule has 19 heavy (non-hydrogen) atoms. The van der Waals surface area contributed by atoms with Crippen molar-refractivity contribution in [1.82, 2.24) is 5.32 Å². The lowest BCUT2D eigenvalue weighted by atomic mass is 10.2. The topological polar surface area (TPSA) is 84.9 Å². The van der Waals surface area contributed by atoms with Crippen LogP contribution in [0.15, 0.2) is 24.3 Å². The Kier molecular flexibility index (Phi) is 5.40. The van der Waals surface area contributed by atoms with Crippen LogP contribution in [0.3, 0.4) is 0 Å². The first-order valence-electron chi connectivity index (χ1n) is 5.49. The van der Waals surface area contributed by atoms with Crippen molar-refractivity contribution < 1.29 is 24.2 Å². The second kappa shape index (κ2) is 7.05. The van der Waals surface area contributed by atoms with E-state index < -0.39 is 5.97 Å². The third-order valence-electron chi connectivity index (χ3n) is 2.24. The SMILES string of the molecule is CNC(=O)COc1ccc(/C=C/C(=O)O)cc1OC. The maximum Gasteiger partial charge on any atom is 0.328 e. The first kappa shape index (κ1) is 14.6. The monoisotopic (exact) mass is 265 g/mol. The number of rotatable bonds is 6. The van der Waals surface area contributed by atoms with E-state index in [2.05, 4.69) is 5.32 Å². The molecule has 0 radical (unpaired) electrons. The molecule has 0 unspecified atom stereocenters. The van der Waals surface area contributed by atoms with E-state index in [1.54, 1.807) is 18.2 Å². The number of carbonyl (C=O) groups is 2. The summed E-state index contributed by atoms with van der Waals surface area (Å²) < 4.78 is 10.4. The first-order valence-corrected chi connectivity index (χ1v) is 5.49. The zero-order chi connectivity index (χ0) is 14.3. The highest BCUT2D eigenvalue weighted by Crippen LogP contribution is 2.28. The summed E-state index contributed by atoms with van der Waals surface area (Å²) in [7, 11) is 2.98. The fourth-order valence-corrected chi connectivity index (χ4v) is 1.29. The molecule has 0 aliphatic rings. The minimum atomic E-state index is -1.03. The Hall–Kier alpha value is -2.50. The van der Waals surface area contributed by atoms with Gasteiger partial charge < -0.3 is 19.9 Å². The summed E-state index contributed by atoms with van der Waals surface area (Å²) >= 11 is 0. The van der Waals surface area contributed by atoms with Gasteiger partial charge in [0.1, 0.15) is 0 Å². The average Bonchev–Trinajstić information content (AvgIpc) is 2.42. The summed E-state index contributed by atoms with van der Waals surface area (Å²) in [6.07, 6.45) is 2.47. The Morgan fingerprint density at radius 3 is 2.68 bits per heavy atom. The molecule has 0 aliphatic carbocycles. The molecule has 2 N–H and O–H groups in total. The number of benzene rings is 1. The Morgan fingerprint density at radius 2 is 2.11 bits per heavy atom. The summed E-state index contributed by atoms with van der Waals surface area (Å²) in [6, 6.07) is 4.91. The lowest BCUT2D eigenvalue weighted by Gasteiger charge is -2.10. The van der Waals surface area contributed by atoms with Crippen molar-refractivity contribution in [1.29, 1.82) is 0 Å². The van der Waals surface area contributed by atoms with Crippen molar-refractivity contribution >= 4 is 18.0 Å². The van der Waals surface area contributed by atoms with Crippen molar-refractivity contribution in [3.05, 3.63) is 29.8 Å². The fourth-order valence-electron chi connectivity index (χ4n) is 1.29. The standard InChI is InChI=1S/C13H15NO5/c1-14-12(15)8-19-10-5-3-9(4-6-13(16)17)7-11(10)18-2/h3-7H,8H2,1-2H3,(H,14,15)(H,16,17)/b6-4+. The smallest absolute Gasteiger partial charge is 0.328 e. The van der Waals surface area contributed by atoms with E-state index in [-0.39, 0.29) is 12.5 Å². The van der Waals surface area contributed by atoms with Gasteiger partial charge in [0.25, 0.3) is 5.91 Å². The number of hydrogen-bond donors (Lipinski definition) is 2. The number of amides is 1. The maximum absolute atomic E-state index is 11.1. The molecule has 1 rings (SSSR count). The molecule has 102 valence electrons. The maximum atomic E-state index is 11.1. The number of carboxylic acid groups (broad SMARTS) is 1. The van der Waals surface area contributed by atoms with E-state index in [0.717, 1.165) is 6.08 Å². The molecule has 6 nitrogen and oxygen atoms in total. The minimum absolute atomic E-state index is 0.114. The van der Waals surface area contributed by atoms with E-state index in [1.807, 2.05) is 0 Å². The zero-order valence-corrected chi connectivity index (χ0v) is 10.7. The van der Waals surface area contributed by atoms with Gasteiger partial charge in [-0.05, 0) is 23.8 Å². The number of ether oxygens (including phenoxy) is 2. The van der Waals surface area contributed by atoms with Crippen LogP contribution in [-0.4, -0.2) is 37.7 Å². The van der Waals surface area contributed by atoms with Gasteiger partial charge >= 0.3 is 5.97 Å². The van der Waals surface area contributed by atoms with Gasteiger partial charge in [-0.2, -0.15) is 0 Å². The minimum Gasteiger partial charge on any atom is -0.493 e. The van der Waals surface area contributed by atoms with Crippen LogP contribution in [-0.2, 0) is 9.59 Å². The average molecular weight is 265 g/mol. The number of likely N-dealkylation sites (N-methyl/N-ethyl adjacent to an activating group) is 1. The lowest BCUT2D eigenvalue weighted by Crippen LogP contribution is -2.24. The Balaban J connectivity index is 2.84. The van der Waals surface area contributed by atoms with Gasteiger partial charge in [-0.1, -0.05) is 6.07 Å². The number of nitrogens with one attached hydrogen (secondary N) is 1. The number of carboxylic acids is 1. The number of methoxy groups -OCH3 is 1. The molecule has 0 spiro atoms. The molecule has 1 aromatic rings. The summed E-state index contributed by atoms with van der Waals surface area (Å²) in [6.45, 7) is -0.114. The van der Waals surface area contributed by atoms with E-state index in [9.17, 15) is 9.59 Å². The van der Waals surface area contributed by atoms with Crippen molar-refractivity contribution in [2.24, 2.45) is 0 Å². The van der Waals surface area contributed by atoms with Gasteiger partial charge in [-0.15, -0.1) is 0 Å². The molecule has 0 atom stereocenters. The second-order valence-electron chi connectivity index (χ2n) is 3.54. The summed E-state index contributed by atoms with van der Waals surface area (Å²) in [5.41, 5.74) is 0.659. The summed E-state index contributed by atoms with van der Waals surface area (Å²) in [5, 5.41) is 11.0. The van der Waals surface area contributed by atoms with Crippen LogP contribution in [0.4, 0.5) is 0 Å². The van der Waals surface area contributed by atoms with Gasteiger partial charge in [-0.25, -0.2) is 4.79 Å². The predicted octanol–water partition coefficient (Wildman–Crippen LogP) is 0.918. The van der Waals surface area contributed by atoms with Gasteiger partial charge in [0.15, 0.2) is 18.1 Å². The Morgan fingerprint density at radius 1 is 1.37 bits per heavy atom. The summed E-state index contributed by atoms with van der Waals surface area (Å²) in [5.74, 6) is -0.439. The number of aliphatic carboxylic acids is 1. The van der Waals surface area contributed by atoms with Crippen molar-refractivity contribution in [3.63, 3.8) is 0 Å². The summed E-state index contributed by atoms with van der Waals surface area (Å²) in [4.78, 5) is 21.5. The van der Waals surface area contributed by atoms with Crippen molar-refractivity contribution in [2.75, 3.05) is 20.8 Å². The van der Waals surface area contributed by atoms with Crippen molar-refractivity contribution in [2.45, 2.75) is 0 Å². The molecule has 0 aromatic heterocycles. The Bertz CT molecular complexity index is 496. The van der Waals surface area contributed by atoms with E-state index in [1.165, 1.54) is 20.2 Å². The van der Waals surface area contributed by atoms with Gasteiger partial charge in [-0.3, -0.25) is 4.79 Å². The van der Waals surface area contributed by atoms with Gasteiger partial charge in [0, 0.05) is 13.1 Å². The predicted molar refractivity (Wildman–Crippen MR) is 69.2 cm³/mol. The van der Waals surface area contributed by atoms with E-state index in [4.69, 9.17) is 14.6 Å². The first-order chi connectivity index (χ1) is 9.06. The third kappa shape index (κ3) is 4.71. The highest BCUT2D eigenvalue weighted by atomic mass is 16.5. The highest BCUT2D eigenvalue weighted by molar-refractivity contribution is 5.85. The van der Waals surface area contributed by atoms with Crippen LogP contribution in [0.1, 0.15) is 5.56 Å². The molecule has 0 heterocycles. The molecule has 0 saturated carbocycles. The normalized spacial score (nSPS) is 10.2. The molecule has 0 fully saturated rings. The highest BCUT2D eigenvalue weighted by Gasteiger charge is 2.07. The van der Waals surface area contributed by atoms with Crippen LogP contribution < -0.4 is 14.8 Å². The quantitative estimate of drug-likeness (QED) is 0.747. The largest absolute Gasteiger partial charge is 0.493 e. The third-order valence-corrected chi connectivity index (χ3v) is 2.24. The van der Waals surface area contributed by atoms with Crippen LogP contribution in [0.25, 0.3) is 6.08 Å². The van der Waals surface area contributed by atoms with Crippen LogP contribution in [0.5, 0.6) is 11.5 Å². The molecule has 6 heteroatoms. The van der Waals surface area contributed by atoms with Crippen LogP contribution >= 0.6 is 0 Å². The molecule has 0 saturated heterocycles. The second-order valence-corrected chi connectivity index (χ2v) is 3.54. The van der Waals surface area contributed by atoms with Gasteiger partial charge in [0.2, 0.25) is 0 Å². The zero-order valence-electron chi connectivity index (χ0n) is 10.7. The van der Waals surface area contributed by atoms with E-state index in [0.29, 0.717) is 17.1 Å². The lowest BCUT2D eigenvalue weighted by molar-refractivity contribution is -0.131. The van der Waals surface area contributed by atoms with E-state index >= 15 is 0 Å². The van der Waals surface area contributed by atoms with Crippen LogP contribution in [0.2, 0.25) is 0 Å². The number of hydrogen-bond acceptors (Lipinski definition) is 4. The molecule has 0 aliphatic heterocycles. The van der Waals surface area contributed by atoms with Crippen LogP contribution in [0, 0.1) is 0 Å². The molecular weight excluding hydrogens is 250 g/mol.